The minimum atomic E-state index is -2.99. The molecule has 0 atom stereocenters. The highest BCUT2D eigenvalue weighted by Gasteiger charge is 2.11. The number of amides is 1. The number of ether oxygens (including phenoxy) is 3. The van der Waals surface area contributed by atoms with Gasteiger partial charge in [-0.05, 0) is 35.9 Å². The molecule has 7 nitrogen and oxygen atoms in total. The summed E-state index contributed by atoms with van der Waals surface area (Å²) in [7, 11) is 1.29. The molecule has 0 bridgehead atoms. The van der Waals surface area contributed by atoms with Crippen LogP contribution in [0.15, 0.2) is 48.5 Å². The van der Waals surface area contributed by atoms with E-state index < -0.39 is 25.1 Å². The predicted octanol–water partition coefficient (Wildman–Crippen LogP) is 3.36. The van der Waals surface area contributed by atoms with Crippen molar-refractivity contribution in [1.29, 1.82) is 5.26 Å². The van der Waals surface area contributed by atoms with Gasteiger partial charge in [0.15, 0.2) is 18.1 Å². The maximum absolute atomic E-state index is 12.3. The molecular weight excluding hydrogens is 386 g/mol. The van der Waals surface area contributed by atoms with Crippen molar-refractivity contribution in [3.8, 4) is 17.6 Å². The standard InChI is InChI=1S/C20H16F2N2O5/c1-27-17-10-13(6-8-16(17)29-20(21)22)7-9-19(26)28-12-18(25)24-15-5-3-2-4-14(15)11-23/h2-10,20H,12H2,1H3,(H,24,25)/b9-7+. The van der Waals surface area contributed by atoms with E-state index in [2.05, 4.69) is 10.1 Å². The minimum absolute atomic E-state index is 0.0661. The Labute approximate surface area is 165 Å². The lowest BCUT2D eigenvalue weighted by Gasteiger charge is -2.10. The number of halogens is 2. The van der Waals surface area contributed by atoms with Crippen molar-refractivity contribution < 1.29 is 32.6 Å². The third-order valence-corrected chi connectivity index (χ3v) is 3.48. The van der Waals surface area contributed by atoms with Crippen LogP contribution in [0.3, 0.4) is 0 Å². The van der Waals surface area contributed by atoms with Crippen molar-refractivity contribution >= 4 is 23.6 Å². The van der Waals surface area contributed by atoms with Gasteiger partial charge in [-0.15, -0.1) is 0 Å². The maximum atomic E-state index is 12.3. The van der Waals surface area contributed by atoms with E-state index in [1.807, 2.05) is 6.07 Å². The maximum Gasteiger partial charge on any atom is 0.387 e. The molecule has 0 aliphatic rings. The molecule has 29 heavy (non-hydrogen) atoms. The zero-order valence-electron chi connectivity index (χ0n) is 15.2. The van der Waals surface area contributed by atoms with Gasteiger partial charge in [-0.3, -0.25) is 4.79 Å². The molecular formula is C20H16F2N2O5. The number of carbonyl (C=O) groups is 2. The number of esters is 1. The van der Waals surface area contributed by atoms with Crippen LogP contribution >= 0.6 is 0 Å². The number of nitriles is 1. The smallest absolute Gasteiger partial charge is 0.387 e. The summed E-state index contributed by atoms with van der Waals surface area (Å²) in [4.78, 5) is 23.6. The number of nitrogens with one attached hydrogen (secondary N) is 1. The summed E-state index contributed by atoms with van der Waals surface area (Å²) in [5.41, 5.74) is 1.05. The Bertz CT molecular complexity index is 954. The second-order valence-electron chi connectivity index (χ2n) is 5.44. The lowest BCUT2D eigenvalue weighted by Crippen LogP contribution is -2.20. The highest BCUT2D eigenvalue weighted by molar-refractivity contribution is 5.95. The van der Waals surface area contributed by atoms with Gasteiger partial charge in [-0.2, -0.15) is 14.0 Å². The van der Waals surface area contributed by atoms with Crippen LogP contribution in [-0.2, 0) is 14.3 Å². The van der Waals surface area contributed by atoms with Crippen molar-refractivity contribution in [3.63, 3.8) is 0 Å². The number of nitrogens with zero attached hydrogens (tertiary/aromatic N) is 1. The number of anilines is 1. The van der Waals surface area contributed by atoms with Crippen molar-refractivity contribution in [2.45, 2.75) is 6.61 Å². The Morgan fingerprint density at radius 2 is 1.97 bits per heavy atom. The van der Waals surface area contributed by atoms with Crippen LogP contribution in [0.4, 0.5) is 14.5 Å². The van der Waals surface area contributed by atoms with Crippen LogP contribution in [0.25, 0.3) is 6.08 Å². The van der Waals surface area contributed by atoms with Crippen LogP contribution in [0.1, 0.15) is 11.1 Å². The Morgan fingerprint density at radius 1 is 1.21 bits per heavy atom. The molecule has 1 N–H and O–H groups in total. The SMILES string of the molecule is COc1cc(/C=C/C(=O)OCC(=O)Nc2ccccc2C#N)ccc1OC(F)F. The van der Waals surface area contributed by atoms with E-state index in [-0.39, 0.29) is 17.1 Å². The second-order valence-corrected chi connectivity index (χ2v) is 5.44. The van der Waals surface area contributed by atoms with Gasteiger partial charge in [-0.25, -0.2) is 4.79 Å². The monoisotopic (exact) mass is 402 g/mol. The third kappa shape index (κ3) is 6.62. The van der Waals surface area contributed by atoms with Crippen LogP contribution in [0, 0.1) is 11.3 Å². The van der Waals surface area contributed by atoms with E-state index in [9.17, 15) is 18.4 Å². The summed E-state index contributed by atoms with van der Waals surface area (Å²) >= 11 is 0. The molecule has 0 saturated carbocycles. The Balaban J connectivity index is 1.91. The predicted molar refractivity (Wildman–Crippen MR) is 99.4 cm³/mol. The van der Waals surface area contributed by atoms with Crippen LogP contribution in [-0.4, -0.2) is 32.2 Å². The van der Waals surface area contributed by atoms with Crippen molar-refractivity contribution in [1.82, 2.24) is 0 Å². The Morgan fingerprint density at radius 3 is 2.66 bits per heavy atom. The fourth-order valence-electron chi connectivity index (χ4n) is 2.21. The Hall–Kier alpha value is -3.93. The van der Waals surface area contributed by atoms with Crippen LogP contribution < -0.4 is 14.8 Å². The van der Waals surface area contributed by atoms with E-state index in [1.165, 1.54) is 37.5 Å². The molecule has 0 fully saturated rings. The fraction of sp³-hybridized carbons (Fsp3) is 0.150. The summed E-state index contributed by atoms with van der Waals surface area (Å²) in [6, 6.07) is 12.4. The van der Waals surface area contributed by atoms with Gasteiger partial charge in [-0.1, -0.05) is 18.2 Å². The molecule has 2 aromatic rings. The minimum Gasteiger partial charge on any atom is -0.493 e. The quantitative estimate of drug-likeness (QED) is 0.537. The first kappa shape index (κ1) is 21.4. The average Bonchev–Trinajstić information content (AvgIpc) is 2.71. The first-order valence-corrected chi connectivity index (χ1v) is 8.19. The van der Waals surface area contributed by atoms with Gasteiger partial charge in [0, 0.05) is 6.08 Å². The molecule has 0 saturated heterocycles. The van der Waals surface area contributed by atoms with E-state index in [1.54, 1.807) is 18.2 Å². The summed E-state index contributed by atoms with van der Waals surface area (Å²) in [5.74, 6) is -1.47. The number of hydrogen-bond acceptors (Lipinski definition) is 6. The van der Waals surface area contributed by atoms with E-state index in [0.29, 0.717) is 11.3 Å². The topological polar surface area (TPSA) is 97.6 Å². The molecule has 0 aliphatic heterocycles. The lowest BCUT2D eigenvalue weighted by molar-refractivity contribution is -0.142. The molecule has 0 radical (unpaired) electrons. The third-order valence-electron chi connectivity index (χ3n) is 3.48. The van der Waals surface area contributed by atoms with Crippen molar-refractivity contribution in [3.05, 3.63) is 59.7 Å². The summed E-state index contributed by atoms with van der Waals surface area (Å²) in [6.07, 6.45) is 2.43. The zero-order valence-corrected chi connectivity index (χ0v) is 15.2. The molecule has 9 heteroatoms. The summed E-state index contributed by atoms with van der Waals surface area (Å²) in [5, 5.41) is 11.4. The zero-order chi connectivity index (χ0) is 21.2. The number of para-hydroxylation sites is 1. The molecule has 0 aliphatic carbocycles. The van der Waals surface area contributed by atoms with Gasteiger partial charge in [0.25, 0.3) is 5.91 Å². The summed E-state index contributed by atoms with van der Waals surface area (Å²) < 4.78 is 38.7. The largest absolute Gasteiger partial charge is 0.493 e. The first-order valence-electron chi connectivity index (χ1n) is 8.19. The summed E-state index contributed by atoms with van der Waals surface area (Å²) in [6.45, 7) is -3.54. The molecule has 2 aromatic carbocycles. The number of carbonyl (C=O) groups excluding carboxylic acids is 2. The molecule has 1 amide bonds. The van der Waals surface area contributed by atoms with Crippen LogP contribution in [0.2, 0.25) is 0 Å². The first-order chi connectivity index (χ1) is 13.9. The lowest BCUT2D eigenvalue weighted by atomic mass is 10.2. The highest BCUT2D eigenvalue weighted by atomic mass is 19.3. The molecule has 150 valence electrons. The van der Waals surface area contributed by atoms with Gasteiger partial charge in [0.1, 0.15) is 6.07 Å². The van der Waals surface area contributed by atoms with Gasteiger partial charge >= 0.3 is 12.6 Å². The molecule has 0 heterocycles. The second kappa shape index (κ2) is 10.4. The molecule has 0 aromatic heterocycles. The molecule has 0 unspecified atom stereocenters. The number of rotatable bonds is 8. The Kier molecular flexibility index (Phi) is 7.68. The fourth-order valence-corrected chi connectivity index (χ4v) is 2.21. The van der Waals surface area contributed by atoms with E-state index in [0.717, 1.165) is 6.08 Å². The van der Waals surface area contributed by atoms with Crippen molar-refractivity contribution in [2.75, 3.05) is 19.0 Å². The van der Waals surface area contributed by atoms with E-state index >= 15 is 0 Å². The number of methoxy groups -OCH3 is 1. The normalized spacial score (nSPS) is 10.4. The average molecular weight is 402 g/mol. The number of alkyl halides is 2. The van der Waals surface area contributed by atoms with E-state index in [4.69, 9.17) is 14.7 Å². The van der Waals surface area contributed by atoms with Gasteiger partial charge < -0.3 is 19.5 Å². The molecule has 2 rings (SSSR count). The highest BCUT2D eigenvalue weighted by Crippen LogP contribution is 2.29. The number of benzene rings is 2. The number of hydrogen-bond donors (Lipinski definition) is 1. The van der Waals surface area contributed by atoms with Gasteiger partial charge in [0.2, 0.25) is 0 Å². The van der Waals surface area contributed by atoms with Crippen molar-refractivity contribution in [2.24, 2.45) is 0 Å². The molecule has 0 spiro atoms. The van der Waals surface area contributed by atoms with Gasteiger partial charge in [0.05, 0.1) is 18.4 Å². The van der Waals surface area contributed by atoms with Crippen LogP contribution in [0.5, 0.6) is 11.5 Å².